The van der Waals surface area contributed by atoms with E-state index in [1.807, 2.05) is 0 Å². The number of Topliss-reactive ketones (excluding diaryl/α,β-unsaturated/α-hetero) is 2. The number of hydrogen-bond donors (Lipinski definition) is 0. The molecule has 1 aliphatic heterocycles. The van der Waals surface area contributed by atoms with Gasteiger partial charge >= 0.3 is 47.8 Å². The van der Waals surface area contributed by atoms with Crippen LogP contribution in [0.25, 0.3) is 10.8 Å². The third kappa shape index (κ3) is 15.3. The van der Waals surface area contributed by atoms with Gasteiger partial charge in [-0.15, -0.1) is 0 Å². The normalized spacial score (nSPS) is 18.2. The molecule has 454 valence electrons. The molecule has 5 aromatic rings. The number of benzene rings is 5. The van der Waals surface area contributed by atoms with Gasteiger partial charge in [0.1, 0.15) is 49.4 Å². The number of ether oxygens (including phenoxy) is 10. The Hall–Kier alpha value is -9.54. The number of hydrogen-bond acceptors (Lipinski definition) is 22. The predicted octanol–water partition coefficient (Wildman–Crippen LogP) is 10.4. The van der Waals surface area contributed by atoms with Gasteiger partial charge in [0, 0.05) is 46.2 Å². The van der Waals surface area contributed by atoms with Crippen LogP contribution in [0.15, 0.2) is 167 Å². The summed E-state index contributed by atoms with van der Waals surface area (Å²) in [6.07, 6.45) is 4.41. The Morgan fingerprint density at radius 3 is 1.08 bits per heavy atom. The van der Waals surface area contributed by atoms with Gasteiger partial charge in [0.25, 0.3) is 0 Å². The second-order valence-electron chi connectivity index (χ2n) is 20.5. The number of esters is 8. The van der Waals surface area contributed by atoms with Crippen molar-refractivity contribution in [3.05, 3.63) is 169 Å². The van der Waals surface area contributed by atoms with Crippen LogP contribution in [0.1, 0.15) is 72.1 Å². The van der Waals surface area contributed by atoms with Crippen molar-refractivity contribution in [1.82, 2.24) is 0 Å². The van der Waals surface area contributed by atoms with Crippen LogP contribution in [0.4, 0.5) is 0 Å². The van der Waals surface area contributed by atoms with E-state index in [0.717, 1.165) is 47.8 Å². The third-order valence-corrected chi connectivity index (χ3v) is 17.3. The molecule has 1 heterocycles. The summed E-state index contributed by atoms with van der Waals surface area (Å²) in [6.45, 7) is 12.5. The van der Waals surface area contributed by atoms with Crippen molar-refractivity contribution in [2.24, 2.45) is 23.7 Å². The lowest BCUT2D eigenvalue weighted by Gasteiger charge is -2.27. The molecule has 88 heavy (non-hydrogen) atoms. The van der Waals surface area contributed by atoms with E-state index >= 15 is 0 Å². The molecule has 2 fully saturated rings. The molecule has 0 amide bonds. The van der Waals surface area contributed by atoms with Crippen LogP contribution in [0.3, 0.4) is 0 Å². The van der Waals surface area contributed by atoms with Crippen LogP contribution >= 0.6 is 23.5 Å². The monoisotopic (exact) mass is 1230 g/mol. The van der Waals surface area contributed by atoms with Crippen LogP contribution in [0.2, 0.25) is 0 Å². The van der Waals surface area contributed by atoms with Crippen LogP contribution in [0.5, 0.6) is 34.5 Å². The summed E-state index contributed by atoms with van der Waals surface area (Å²) in [5.41, 5.74) is 0.457. The van der Waals surface area contributed by atoms with Crippen LogP contribution in [-0.2, 0) is 57.3 Å². The van der Waals surface area contributed by atoms with Crippen LogP contribution in [0, 0.1) is 23.7 Å². The van der Waals surface area contributed by atoms with Gasteiger partial charge in [0.15, 0.2) is 35.3 Å². The Morgan fingerprint density at radius 1 is 0.420 bits per heavy atom. The highest BCUT2D eigenvalue weighted by molar-refractivity contribution is 8.25. The van der Waals surface area contributed by atoms with Gasteiger partial charge in [-0.3, -0.25) is 28.8 Å². The van der Waals surface area contributed by atoms with Crippen molar-refractivity contribution < 1.29 is 95.3 Å². The maximum Gasteiger partial charge on any atom is 0.330 e. The standard InChI is InChI=1S/C66H58O20S2/c1-5-51(67)79-35-45(81-53(69)7-3)33-77-41-25-29-43(30-26-41)83-62(73)37-17-21-39(22-18-37)64(75)85-58-49-15-11-12-16-50(49)59(61-60(58)87-66(88-61)55-56(71)47-13-9-10-14-48(47)57(55)72)86-65(76)40-23-19-38(20-24-40)63(74)84-44-31-27-42(28-32-44)78-34-46(82-54(70)8-4)36-80-52(68)6-2/h5-16,25-32,37-40,45-46H,1-4,17-24,33-36H2. The molecule has 0 bridgehead atoms. The van der Waals surface area contributed by atoms with E-state index in [4.69, 9.17) is 47.4 Å². The first-order valence-electron chi connectivity index (χ1n) is 28.0. The first-order chi connectivity index (χ1) is 42.5. The largest absolute Gasteiger partial charge is 0.490 e. The summed E-state index contributed by atoms with van der Waals surface area (Å²) in [6, 6.07) is 25.8. The van der Waals surface area contributed by atoms with E-state index in [1.54, 1.807) is 72.8 Å². The molecular formula is C66H58O20S2. The van der Waals surface area contributed by atoms with Crippen LogP contribution < -0.4 is 28.4 Å². The van der Waals surface area contributed by atoms with E-state index in [2.05, 4.69) is 26.3 Å². The van der Waals surface area contributed by atoms with Crippen molar-refractivity contribution in [2.75, 3.05) is 26.4 Å². The molecule has 2 atom stereocenters. The summed E-state index contributed by atoms with van der Waals surface area (Å²) in [5, 5.41) is 0.858. The van der Waals surface area contributed by atoms with Gasteiger partial charge < -0.3 is 47.4 Å². The molecule has 22 heteroatoms. The zero-order valence-electron chi connectivity index (χ0n) is 47.3. The summed E-state index contributed by atoms with van der Waals surface area (Å²) in [7, 11) is 0. The van der Waals surface area contributed by atoms with E-state index in [0.29, 0.717) is 87.7 Å². The SMILES string of the molecule is C=CC(=O)OCC(COc1ccc(OC(=O)C2CCC(C(=O)Oc3c4c(c(OC(=O)C5CCC(C(=O)Oc6ccc(OCC(COC(=O)C=C)OC(=O)C=C)cc6)CC5)c5ccccc35)SC(=C3C(=O)c5ccccc5C3=O)S4)CC2)cc1)OC(=O)C=C. The first kappa shape index (κ1) is 63.0. The number of thioether (sulfide) groups is 2. The average Bonchev–Trinajstić information content (AvgIpc) is 2.16. The Bertz CT molecular complexity index is 3410. The number of carbonyl (C=O) groups is 10. The molecule has 0 spiro atoms. The van der Waals surface area contributed by atoms with E-state index in [1.165, 1.54) is 24.3 Å². The van der Waals surface area contributed by atoms with Gasteiger partial charge in [0.2, 0.25) is 0 Å². The first-order valence-corrected chi connectivity index (χ1v) is 29.6. The molecule has 9 rings (SSSR count). The van der Waals surface area contributed by atoms with Crippen molar-refractivity contribution in [3.8, 4) is 34.5 Å². The quantitative estimate of drug-likeness (QED) is 0.0183. The minimum Gasteiger partial charge on any atom is -0.490 e. The maximum atomic E-state index is 14.3. The minimum atomic E-state index is -0.949. The van der Waals surface area contributed by atoms with Crippen molar-refractivity contribution in [1.29, 1.82) is 0 Å². The van der Waals surface area contributed by atoms with E-state index in [-0.39, 0.29) is 66.1 Å². The summed E-state index contributed by atoms with van der Waals surface area (Å²) in [5.74, 6) is -6.73. The van der Waals surface area contributed by atoms with Crippen molar-refractivity contribution >= 4 is 93.6 Å². The lowest BCUT2D eigenvalue weighted by atomic mass is 9.82. The molecule has 20 nitrogen and oxygen atoms in total. The van der Waals surface area contributed by atoms with Gasteiger partial charge in [-0.2, -0.15) is 0 Å². The Morgan fingerprint density at radius 2 is 0.739 bits per heavy atom. The molecule has 0 N–H and O–H groups in total. The number of rotatable bonds is 24. The molecule has 4 aliphatic rings. The summed E-state index contributed by atoms with van der Waals surface area (Å²) < 4.78 is 56.3. The molecule has 5 aromatic carbocycles. The zero-order chi connectivity index (χ0) is 62.4. The molecule has 0 saturated heterocycles. The number of carbonyl (C=O) groups excluding carboxylic acids is 10. The second kappa shape index (κ2) is 29.2. The number of allylic oxidation sites excluding steroid dienone is 1. The van der Waals surface area contributed by atoms with Crippen LogP contribution in [-0.4, -0.2) is 98.0 Å². The maximum absolute atomic E-state index is 14.3. The Kier molecular flexibility index (Phi) is 20.9. The molecular weight excluding hydrogens is 1180 g/mol. The molecule has 0 radical (unpaired) electrons. The highest BCUT2D eigenvalue weighted by Gasteiger charge is 2.42. The fourth-order valence-corrected chi connectivity index (χ4v) is 12.8. The third-order valence-electron chi connectivity index (χ3n) is 14.7. The van der Waals surface area contributed by atoms with E-state index in [9.17, 15) is 47.9 Å². The molecule has 0 aromatic heterocycles. The van der Waals surface area contributed by atoms with Crippen molar-refractivity contribution in [2.45, 2.75) is 73.4 Å². The topological polar surface area (TPSA) is 263 Å². The molecule has 3 aliphatic carbocycles. The second-order valence-corrected chi connectivity index (χ2v) is 22.8. The van der Waals surface area contributed by atoms with Gasteiger partial charge in [-0.05, 0) is 99.9 Å². The number of fused-ring (bicyclic) bond motifs is 3. The van der Waals surface area contributed by atoms with Gasteiger partial charge in [-0.25, -0.2) is 19.2 Å². The van der Waals surface area contributed by atoms with Gasteiger partial charge in [0.05, 0.1) is 43.3 Å². The average molecular weight is 1240 g/mol. The minimum absolute atomic E-state index is 0.0554. The lowest BCUT2D eigenvalue weighted by Crippen LogP contribution is -2.31. The Labute approximate surface area is 513 Å². The molecule has 2 unspecified atom stereocenters. The Balaban J connectivity index is 0.839. The molecule has 2 saturated carbocycles. The fraction of sp³-hybridized carbons (Fsp3) is 0.273. The van der Waals surface area contributed by atoms with Gasteiger partial charge in [-0.1, -0.05) is 98.4 Å². The summed E-state index contributed by atoms with van der Waals surface area (Å²) in [4.78, 5) is 131. The predicted molar refractivity (Wildman–Crippen MR) is 318 cm³/mol. The fourth-order valence-electron chi connectivity index (χ4n) is 10.1. The number of ketones is 2. The highest BCUT2D eigenvalue weighted by atomic mass is 32.2. The smallest absolute Gasteiger partial charge is 0.330 e. The van der Waals surface area contributed by atoms with E-state index < -0.39 is 95.2 Å². The zero-order valence-corrected chi connectivity index (χ0v) is 48.9. The summed E-state index contributed by atoms with van der Waals surface area (Å²) >= 11 is 2.15. The highest BCUT2D eigenvalue weighted by Crippen LogP contribution is 2.62. The lowest BCUT2D eigenvalue weighted by molar-refractivity contribution is -0.154. The van der Waals surface area contributed by atoms with Crippen molar-refractivity contribution in [3.63, 3.8) is 0 Å².